The average molecular weight is 291 g/mol. The first-order valence-corrected chi connectivity index (χ1v) is 8.05. The van der Waals surface area contributed by atoms with Crippen LogP contribution in [0.25, 0.3) is 0 Å². The molecule has 2 rings (SSSR count). The van der Waals surface area contributed by atoms with E-state index >= 15 is 0 Å². The number of benzene rings is 1. The Bertz CT molecular complexity index is 682. The molecule has 1 heterocycles. The fraction of sp³-hybridized carbons (Fsp3) is 0.214. The first-order chi connectivity index (χ1) is 9.42. The fourth-order valence-corrected chi connectivity index (χ4v) is 2.26. The number of pyridine rings is 1. The molecule has 1 aromatic carbocycles. The quantitative estimate of drug-likeness (QED) is 0.887. The van der Waals surface area contributed by atoms with Gasteiger partial charge >= 0.3 is 0 Å². The Morgan fingerprint density at radius 1 is 1.15 bits per heavy atom. The number of anilines is 2. The summed E-state index contributed by atoms with van der Waals surface area (Å²) in [6.07, 6.45) is 2.95. The second kappa shape index (κ2) is 5.92. The average Bonchev–Trinajstić information content (AvgIpc) is 2.36. The van der Waals surface area contributed by atoms with E-state index in [2.05, 4.69) is 15.0 Å². The lowest BCUT2D eigenvalue weighted by atomic mass is 10.2. The number of hydrogen-bond donors (Lipinski definition) is 2. The van der Waals surface area contributed by atoms with Gasteiger partial charge in [-0.25, -0.2) is 8.42 Å². The molecule has 0 spiro atoms. The SMILES string of the molecule is Cc1ccc(CNc2cccc(NS(C)(=O)=O)c2)nc1. The van der Waals surface area contributed by atoms with E-state index in [0.717, 1.165) is 23.2 Å². The van der Waals surface area contributed by atoms with Gasteiger partial charge in [-0.2, -0.15) is 0 Å². The molecule has 2 N–H and O–H groups in total. The number of aryl methyl sites for hydroxylation is 1. The zero-order chi connectivity index (χ0) is 14.6. The molecule has 0 atom stereocenters. The summed E-state index contributed by atoms with van der Waals surface area (Å²) >= 11 is 0. The maximum atomic E-state index is 11.2. The normalized spacial score (nSPS) is 11.1. The standard InChI is InChI=1S/C14H17N3O2S/c1-11-6-7-14(15-9-11)10-16-12-4-3-5-13(8-12)17-20(2,18)19/h3-9,16-17H,10H2,1-2H3. The number of sulfonamides is 1. The van der Waals surface area contributed by atoms with Gasteiger partial charge in [0.05, 0.1) is 24.2 Å². The lowest BCUT2D eigenvalue weighted by Crippen LogP contribution is -2.09. The number of rotatable bonds is 5. The van der Waals surface area contributed by atoms with Crippen LogP contribution >= 0.6 is 0 Å². The zero-order valence-corrected chi connectivity index (χ0v) is 12.2. The molecule has 0 aliphatic rings. The van der Waals surface area contributed by atoms with E-state index in [1.165, 1.54) is 0 Å². The molecule has 20 heavy (non-hydrogen) atoms. The second-order valence-corrected chi connectivity index (χ2v) is 6.38. The van der Waals surface area contributed by atoms with Crippen LogP contribution in [-0.4, -0.2) is 19.7 Å². The highest BCUT2D eigenvalue weighted by atomic mass is 32.2. The van der Waals surface area contributed by atoms with E-state index < -0.39 is 10.0 Å². The van der Waals surface area contributed by atoms with Crippen LogP contribution in [0.3, 0.4) is 0 Å². The summed E-state index contributed by atoms with van der Waals surface area (Å²) in [7, 11) is -3.26. The van der Waals surface area contributed by atoms with Gasteiger partial charge in [-0.1, -0.05) is 12.1 Å². The van der Waals surface area contributed by atoms with E-state index in [9.17, 15) is 8.42 Å². The molecular weight excluding hydrogens is 274 g/mol. The van der Waals surface area contributed by atoms with Crippen molar-refractivity contribution in [2.24, 2.45) is 0 Å². The maximum absolute atomic E-state index is 11.2. The first kappa shape index (κ1) is 14.3. The van der Waals surface area contributed by atoms with Crippen LogP contribution in [0, 0.1) is 6.92 Å². The number of hydrogen-bond acceptors (Lipinski definition) is 4. The Labute approximate surface area is 119 Å². The highest BCUT2D eigenvalue weighted by Crippen LogP contribution is 2.16. The highest BCUT2D eigenvalue weighted by Gasteiger charge is 2.02. The molecule has 0 bridgehead atoms. The molecule has 5 nitrogen and oxygen atoms in total. The third-order valence-corrected chi connectivity index (χ3v) is 3.22. The Morgan fingerprint density at radius 3 is 2.55 bits per heavy atom. The van der Waals surface area contributed by atoms with Crippen LogP contribution < -0.4 is 10.0 Å². The van der Waals surface area contributed by atoms with Gasteiger partial charge < -0.3 is 5.32 Å². The van der Waals surface area contributed by atoms with Crippen molar-refractivity contribution >= 4 is 21.4 Å². The number of nitrogens with one attached hydrogen (secondary N) is 2. The Hall–Kier alpha value is -2.08. The highest BCUT2D eigenvalue weighted by molar-refractivity contribution is 7.92. The molecule has 2 aromatic rings. The van der Waals surface area contributed by atoms with E-state index in [0.29, 0.717) is 12.2 Å². The van der Waals surface area contributed by atoms with Gasteiger partial charge in [0.2, 0.25) is 10.0 Å². The third kappa shape index (κ3) is 4.55. The molecule has 0 aliphatic heterocycles. The molecule has 0 fully saturated rings. The van der Waals surface area contributed by atoms with Crippen molar-refractivity contribution in [1.82, 2.24) is 4.98 Å². The van der Waals surface area contributed by atoms with Crippen molar-refractivity contribution in [3.63, 3.8) is 0 Å². The van der Waals surface area contributed by atoms with Crippen molar-refractivity contribution < 1.29 is 8.42 Å². The van der Waals surface area contributed by atoms with Crippen molar-refractivity contribution in [2.75, 3.05) is 16.3 Å². The molecule has 0 amide bonds. The van der Waals surface area contributed by atoms with E-state index in [-0.39, 0.29) is 0 Å². The topological polar surface area (TPSA) is 71.1 Å². The third-order valence-electron chi connectivity index (χ3n) is 2.61. The van der Waals surface area contributed by atoms with Crippen LogP contribution in [0.5, 0.6) is 0 Å². The van der Waals surface area contributed by atoms with Gasteiger partial charge in [0, 0.05) is 11.9 Å². The van der Waals surface area contributed by atoms with Gasteiger partial charge in [-0.3, -0.25) is 9.71 Å². The van der Waals surface area contributed by atoms with Crippen molar-refractivity contribution in [3.8, 4) is 0 Å². The van der Waals surface area contributed by atoms with E-state index in [4.69, 9.17) is 0 Å². The molecule has 0 aliphatic carbocycles. The largest absolute Gasteiger partial charge is 0.379 e. The predicted molar refractivity (Wildman–Crippen MR) is 81.2 cm³/mol. The molecule has 0 unspecified atom stereocenters. The van der Waals surface area contributed by atoms with Crippen molar-refractivity contribution in [3.05, 3.63) is 53.9 Å². The zero-order valence-electron chi connectivity index (χ0n) is 11.4. The van der Waals surface area contributed by atoms with Gasteiger partial charge in [0.15, 0.2) is 0 Å². The molecule has 1 aromatic heterocycles. The van der Waals surface area contributed by atoms with Gasteiger partial charge in [-0.05, 0) is 36.8 Å². The Morgan fingerprint density at radius 2 is 1.90 bits per heavy atom. The summed E-state index contributed by atoms with van der Waals surface area (Å²) < 4.78 is 24.8. The number of aromatic nitrogens is 1. The monoisotopic (exact) mass is 291 g/mol. The van der Waals surface area contributed by atoms with E-state index in [1.807, 2.05) is 31.3 Å². The molecular formula is C14H17N3O2S. The predicted octanol–water partition coefficient (Wildman–Crippen LogP) is 2.37. The Balaban J connectivity index is 2.03. The summed E-state index contributed by atoms with van der Waals surface area (Å²) in [5, 5.41) is 3.21. The lowest BCUT2D eigenvalue weighted by Gasteiger charge is -2.09. The molecule has 106 valence electrons. The Kier molecular flexibility index (Phi) is 4.24. The second-order valence-electron chi connectivity index (χ2n) is 4.64. The summed E-state index contributed by atoms with van der Waals surface area (Å²) in [6, 6.07) is 11.1. The van der Waals surface area contributed by atoms with Crippen LogP contribution in [0.4, 0.5) is 11.4 Å². The maximum Gasteiger partial charge on any atom is 0.229 e. The summed E-state index contributed by atoms with van der Waals surface area (Å²) in [5.41, 5.74) is 3.42. The molecule has 0 saturated carbocycles. The van der Waals surface area contributed by atoms with Crippen molar-refractivity contribution in [1.29, 1.82) is 0 Å². The van der Waals surface area contributed by atoms with Crippen LogP contribution in [-0.2, 0) is 16.6 Å². The fourth-order valence-electron chi connectivity index (χ4n) is 1.70. The molecule has 6 heteroatoms. The van der Waals surface area contributed by atoms with Crippen LogP contribution in [0.2, 0.25) is 0 Å². The minimum atomic E-state index is -3.26. The van der Waals surface area contributed by atoms with Crippen LogP contribution in [0.1, 0.15) is 11.3 Å². The summed E-state index contributed by atoms with van der Waals surface area (Å²) in [4.78, 5) is 4.30. The van der Waals surface area contributed by atoms with Gasteiger partial charge in [-0.15, -0.1) is 0 Å². The minimum absolute atomic E-state index is 0.536. The molecule has 0 saturated heterocycles. The summed E-state index contributed by atoms with van der Waals surface area (Å²) in [6.45, 7) is 2.58. The van der Waals surface area contributed by atoms with Crippen molar-refractivity contribution in [2.45, 2.75) is 13.5 Å². The van der Waals surface area contributed by atoms with E-state index in [1.54, 1.807) is 18.2 Å². The molecule has 0 radical (unpaired) electrons. The lowest BCUT2D eigenvalue weighted by molar-refractivity contribution is 0.607. The smallest absolute Gasteiger partial charge is 0.229 e. The number of nitrogens with zero attached hydrogens (tertiary/aromatic N) is 1. The summed E-state index contributed by atoms with van der Waals surface area (Å²) in [5.74, 6) is 0. The van der Waals surface area contributed by atoms with Gasteiger partial charge in [0.1, 0.15) is 0 Å². The van der Waals surface area contributed by atoms with Crippen LogP contribution in [0.15, 0.2) is 42.6 Å². The minimum Gasteiger partial charge on any atom is -0.379 e. The van der Waals surface area contributed by atoms with Gasteiger partial charge in [0.25, 0.3) is 0 Å². The first-order valence-electron chi connectivity index (χ1n) is 6.16.